The van der Waals surface area contributed by atoms with E-state index in [-0.39, 0.29) is 4.82 Å². The molecule has 74 valence electrons. The zero-order chi connectivity index (χ0) is 9.97. The van der Waals surface area contributed by atoms with E-state index in [0.717, 1.165) is 15.0 Å². The van der Waals surface area contributed by atoms with E-state index in [9.17, 15) is 0 Å². The zero-order valence-electron chi connectivity index (χ0n) is 7.52. The molecule has 2 rings (SSSR count). The molecule has 0 aromatic carbocycles. The molecule has 0 aromatic rings. The van der Waals surface area contributed by atoms with Gasteiger partial charge in [0.1, 0.15) is 0 Å². The number of hydrogen-bond donors (Lipinski definition) is 2. The van der Waals surface area contributed by atoms with E-state index in [0.29, 0.717) is 10.3 Å². The second kappa shape index (κ2) is 4.32. The fraction of sp³-hybridized carbons (Fsp3) is 0.200. The van der Waals surface area contributed by atoms with Crippen molar-refractivity contribution < 1.29 is 25.0 Å². The normalized spacial score (nSPS) is 25.0. The van der Waals surface area contributed by atoms with Gasteiger partial charge in [0.25, 0.3) is 0 Å². The van der Waals surface area contributed by atoms with Gasteiger partial charge in [-0.25, -0.2) is 0 Å². The first-order chi connectivity index (χ1) is 6.77. The van der Waals surface area contributed by atoms with E-state index in [1.54, 1.807) is 6.08 Å². The molecule has 0 aliphatic heterocycles. The van der Waals surface area contributed by atoms with Gasteiger partial charge >= 0.3 is 89.8 Å². The fourth-order valence-corrected chi connectivity index (χ4v) is 3.10. The molecule has 0 saturated carbocycles. The molecule has 14 heavy (non-hydrogen) atoms. The summed E-state index contributed by atoms with van der Waals surface area (Å²) in [5.74, 6) is 0. The average Bonchev–Trinajstić information content (AvgIpc) is 2.75. The van der Waals surface area contributed by atoms with Crippen LogP contribution in [0.3, 0.4) is 0 Å². The van der Waals surface area contributed by atoms with Crippen molar-refractivity contribution in [3.8, 4) is 0 Å². The molecule has 0 amide bonds. The Morgan fingerprint density at radius 1 is 1.07 bits per heavy atom. The Morgan fingerprint density at radius 3 is 2.43 bits per heavy atom. The molecule has 1 atom stereocenters. The summed E-state index contributed by atoms with van der Waals surface area (Å²) < 4.78 is 0. The monoisotopic (exact) mass is 230 g/mol. The predicted molar refractivity (Wildman–Crippen MR) is 53.2 cm³/mol. The maximum absolute atomic E-state index is 9.11. The van der Waals surface area contributed by atoms with Gasteiger partial charge in [0.15, 0.2) is 0 Å². The van der Waals surface area contributed by atoms with E-state index < -0.39 is 7.12 Å². The van der Waals surface area contributed by atoms with Crippen LogP contribution in [0.15, 0.2) is 48.0 Å². The van der Waals surface area contributed by atoms with Crippen LogP contribution in [0, 0.1) is 0 Å². The molecule has 2 aliphatic carbocycles. The van der Waals surface area contributed by atoms with Gasteiger partial charge in [-0.05, 0) is 0 Å². The molecule has 0 bridgehead atoms. The van der Waals surface area contributed by atoms with Crippen LogP contribution < -0.4 is 0 Å². The molecule has 0 fully saturated rings. The number of hydrogen-bond acceptors (Lipinski definition) is 2. The van der Waals surface area contributed by atoms with Crippen molar-refractivity contribution in [1.29, 1.82) is 0 Å². The molecule has 2 N–H and O–H groups in total. The van der Waals surface area contributed by atoms with Crippen molar-refractivity contribution in [3.63, 3.8) is 0 Å². The summed E-state index contributed by atoms with van der Waals surface area (Å²) in [5.41, 5.74) is 0.707. The summed E-state index contributed by atoms with van der Waals surface area (Å²) in [5, 5.41) is 18.2. The maximum atomic E-state index is 9.11. The molecular weight excluding hydrogens is 219 g/mol. The molecule has 2 aliphatic rings. The summed E-state index contributed by atoms with van der Waals surface area (Å²) in [6.07, 6.45) is 14.0. The minimum atomic E-state index is -1.32. The van der Waals surface area contributed by atoms with E-state index in [1.165, 1.54) is 0 Å². The van der Waals surface area contributed by atoms with Crippen LogP contribution in [0.2, 0.25) is 9.63 Å². The van der Waals surface area contributed by atoms with Gasteiger partial charge in [-0.2, -0.15) is 0 Å². The Labute approximate surface area is 90.0 Å². The Hall–Kier alpha value is -0.536. The summed E-state index contributed by atoms with van der Waals surface area (Å²) in [6.45, 7) is 0. The van der Waals surface area contributed by atoms with Gasteiger partial charge in [0, 0.05) is 0 Å². The van der Waals surface area contributed by atoms with Crippen molar-refractivity contribution in [2.24, 2.45) is 0 Å². The van der Waals surface area contributed by atoms with Crippen LogP contribution in [-0.4, -0.2) is 17.2 Å². The van der Waals surface area contributed by atoms with Crippen molar-refractivity contribution in [2.45, 2.75) is 9.63 Å². The van der Waals surface area contributed by atoms with Crippen molar-refractivity contribution in [3.05, 3.63) is 48.0 Å². The van der Waals surface area contributed by atoms with Crippen LogP contribution in [-0.2, 0) is 15.0 Å². The molecule has 0 heterocycles. The minimum absolute atomic E-state index is 0.174. The first kappa shape index (κ1) is 10.00. The van der Waals surface area contributed by atoms with Crippen LogP contribution >= 0.6 is 0 Å². The van der Waals surface area contributed by atoms with Crippen LogP contribution in [0.1, 0.15) is 0 Å². The molecule has 0 spiro atoms. The molecule has 0 aromatic heterocycles. The van der Waals surface area contributed by atoms with E-state index in [1.807, 2.05) is 24.3 Å². The summed E-state index contributed by atoms with van der Waals surface area (Å²) >= 11 is 0.924. The molecule has 2 nitrogen and oxygen atoms in total. The standard InChI is InChI=1S/C5H6BO2.C5H5.Fe/c7-6(8)5-3-1-2-4-5;1-2-4-5-3-1;/h1-4,7-8H;1-5H;. The molecular formula is C10H11BFeO2. The van der Waals surface area contributed by atoms with Gasteiger partial charge in [0.05, 0.1) is 0 Å². The second-order valence-electron chi connectivity index (χ2n) is 3.13. The summed E-state index contributed by atoms with van der Waals surface area (Å²) in [6, 6.07) is 0. The van der Waals surface area contributed by atoms with Gasteiger partial charge in [-0.1, -0.05) is 0 Å². The Bertz CT molecular complexity index is 319. The van der Waals surface area contributed by atoms with E-state index in [2.05, 4.69) is 12.2 Å². The molecule has 4 heteroatoms. The summed E-state index contributed by atoms with van der Waals surface area (Å²) in [4.78, 5) is 0.609. The Balaban J connectivity index is 1.98. The van der Waals surface area contributed by atoms with Crippen LogP contribution in [0.25, 0.3) is 0 Å². The predicted octanol–water partition coefficient (Wildman–Crippen LogP) is 1.28. The van der Waals surface area contributed by atoms with Gasteiger partial charge in [-0.3, -0.25) is 0 Å². The fourth-order valence-electron chi connectivity index (χ4n) is 1.42. The van der Waals surface area contributed by atoms with Crippen molar-refractivity contribution >= 4 is 7.12 Å². The third kappa shape index (κ3) is 2.10. The molecule has 0 saturated heterocycles. The number of rotatable bonds is 3. The third-order valence-electron chi connectivity index (χ3n) is 2.13. The molecule has 1 unspecified atom stereocenters. The second-order valence-corrected chi connectivity index (χ2v) is 4.92. The zero-order valence-corrected chi connectivity index (χ0v) is 8.63. The average molecular weight is 230 g/mol. The van der Waals surface area contributed by atoms with Crippen molar-refractivity contribution in [2.75, 3.05) is 0 Å². The first-order valence-electron chi connectivity index (χ1n) is 4.46. The Kier molecular flexibility index (Phi) is 3.09. The Morgan fingerprint density at radius 2 is 1.79 bits per heavy atom. The van der Waals surface area contributed by atoms with Crippen LogP contribution in [0.4, 0.5) is 0 Å². The topological polar surface area (TPSA) is 40.5 Å². The SMILES string of the molecule is OB(O)C1=CC=C[CH]1[Fe][CH]1C=CC=C1. The van der Waals surface area contributed by atoms with Gasteiger partial charge < -0.3 is 0 Å². The molecule has 0 radical (unpaired) electrons. The van der Waals surface area contributed by atoms with E-state index >= 15 is 0 Å². The number of allylic oxidation sites excluding steroid dienone is 8. The van der Waals surface area contributed by atoms with Gasteiger partial charge in [-0.15, -0.1) is 0 Å². The van der Waals surface area contributed by atoms with Crippen LogP contribution in [0.5, 0.6) is 0 Å². The van der Waals surface area contributed by atoms with Crippen molar-refractivity contribution in [1.82, 2.24) is 0 Å². The summed E-state index contributed by atoms with van der Waals surface area (Å²) in [7, 11) is -1.32. The third-order valence-corrected chi connectivity index (χ3v) is 3.95. The quantitative estimate of drug-likeness (QED) is 0.716. The van der Waals surface area contributed by atoms with Gasteiger partial charge in [0.2, 0.25) is 0 Å². The first-order valence-corrected chi connectivity index (χ1v) is 5.73. The van der Waals surface area contributed by atoms with E-state index in [4.69, 9.17) is 10.0 Å².